The summed E-state index contributed by atoms with van der Waals surface area (Å²) in [7, 11) is 0. The van der Waals surface area contributed by atoms with Gasteiger partial charge in [0, 0.05) is 24.0 Å². The summed E-state index contributed by atoms with van der Waals surface area (Å²) in [6, 6.07) is 20.9. The maximum Gasteiger partial charge on any atom is 0.273 e. The number of aldehydes is 1. The maximum absolute atomic E-state index is 13.4. The van der Waals surface area contributed by atoms with Crippen LogP contribution in [0.25, 0.3) is 22.0 Å². The van der Waals surface area contributed by atoms with Crippen molar-refractivity contribution in [2.75, 3.05) is 5.73 Å². The number of carbonyl (C=O) groups excluding carboxylic acids is 2. The molecule has 3 aromatic carbocycles. The number of fused-ring (bicyclic) bond motifs is 2. The lowest BCUT2D eigenvalue weighted by atomic mass is 9.98. The Kier molecular flexibility index (Phi) is 5.94. The van der Waals surface area contributed by atoms with Crippen LogP contribution in [0.1, 0.15) is 45.8 Å². The van der Waals surface area contributed by atoms with Crippen molar-refractivity contribution in [3.63, 3.8) is 0 Å². The van der Waals surface area contributed by atoms with E-state index in [1.54, 1.807) is 17.0 Å². The van der Waals surface area contributed by atoms with E-state index in [0.29, 0.717) is 29.6 Å². The SMILES string of the molecule is CC.Nc1nc(C(=O)N2Cc3ccccc3C2)c2cc(-c3ccccc3C=O)ccc2n1. The van der Waals surface area contributed by atoms with Crippen molar-refractivity contribution >= 4 is 29.0 Å². The molecular formula is C26H24N4O2. The normalized spacial score (nSPS) is 12.1. The van der Waals surface area contributed by atoms with Crippen molar-refractivity contribution in [2.45, 2.75) is 26.9 Å². The van der Waals surface area contributed by atoms with E-state index in [-0.39, 0.29) is 17.5 Å². The van der Waals surface area contributed by atoms with Crippen LogP contribution in [0.15, 0.2) is 66.7 Å². The number of nitrogen functional groups attached to an aromatic ring is 1. The molecule has 0 radical (unpaired) electrons. The number of hydrogen-bond donors (Lipinski definition) is 1. The molecule has 0 saturated carbocycles. The summed E-state index contributed by atoms with van der Waals surface area (Å²) in [5.41, 5.74) is 11.2. The molecule has 6 nitrogen and oxygen atoms in total. The van der Waals surface area contributed by atoms with E-state index in [1.165, 1.54) is 0 Å². The number of rotatable bonds is 3. The average Bonchev–Trinajstić information content (AvgIpc) is 3.28. The Hall–Kier alpha value is -4.06. The minimum Gasteiger partial charge on any atom is -0.368 e. The lowest BCUT2D eigenvalue weighted by Crippen LogP contribution is -2.27. The van der Waals surface area contributed by atoms with Gasteiger partial charge in [-0.15, -0.1) is 0 Å². The molecule has 1 aliphatic rings. The Balaban J connectivity index is 0.00000119. The minimum absolute atomic E-state index is 0.0589. The number of aromatic nitrogens is 2. The van der Waals surface area contributed by atoms with E-state index in [4.69, 9.17) is 5.73 Å². The number of carbonyl (C=O) groups is 2. The fraction of sp³-hybridized carbons (Fsp3) is 0.154. The molecular weight excluding hydrogens is 400 g/mol. The molecule has 4 aromatic rings. The zero-order valence-electron chi connectivity index (χ0n) is 18.1. The summed E-state index contributed by atoms with van der Waals surface area (Å²) in [5, 5.41) is 0.614. The molecule has 0 fully saturated rings. The Morgan fingerprint density at radius 2 is 1.59 bits per heavy atom. The van der Waals surface area contributed by atoms with Gasteiger partial charge < -0.3 is 10.6 Å². The number of amides is 1. The molecule has 5 rings (SSSR count). The fourth-order valence-corrected chi connectivity index (χ4v) is 3.97. The van der Waals surface area contributed by atoms with E-state index < -0.39 is 0 Å². The molecule has 1 aliphatic heterocycles. The highest BCUT2D eigenvalue weighted by Gasteiger charge is 2.27. The Morgan fingerprint density at radius 1 is 0.938 bits per heavy atom. The molecule has 0 spiro atoms. The van der Waals surface area contributed by atoms with Crippen molar-refractivity contribution in [3.05, 3.63) is 89.1 Å². The molecule has 0 bridgehead atoms. The second-order valence-electron chi connectivity index (χ2n) is 7.30. The highest BCUT2D eigenvalue weighted by atomic mass is 16.2. The average molecular weight is 425 g/mol. The topological polar surface area (TPSA) is 89.2 Å². The zero-order chi connectivity index (χ0) is 22.7. The van der Waals surface area contributed by atoms with Gasteiger partial charge in [-0.1, -0.05) is 68.4 Å². The second-order valence-corrected chi connectivity index (χ2v) is 7.30. The van der Waals surface area contributed by atoms with Gasteiger partial charge in [-0.25, -0.2) is 9.97 Å². The van der Waals surface area contributed by atoms with Gasteiger partial charge in [0.05, 0.1) is 5.52 Å². The van der Waals surface area contributed by atoms with Crippen LogP contribution in [0, 0.1) is 0 Å². The highest BCUT2D eigenvalue weighted by molar-refractivity contribution is 6.06. The number of anilines is 1. The van der Waals surface area contributed by atoms with Gasteiger partial charge >= 0.3 is 0 Å². The molecule has 6 heteroatoms. The molecule has 160 valence electrons. The van der Waals surface area contributed by atoms with E-state index >= 15 is 0 Å². The van der Waals surface area contributed by atoms with E-state index in [2.05, 4.69) is 9.97 Å². The molecule has 0 aliphatic carbocycles. The van der Waals surface area contributed by atoms with Crippen LogP contribution in [0.4, 0.5) is 5.95 Å². The molecule has 1 aromatic heterocycles. The molecule has 1 amide bonds. The van der Waals surface area contributed by atoms with Gasteiger partial charge in [-0.2, -0.15) is 0 Å². The number of hydrogen-bond acceptors (Lipinski definition) is 5. The lowest BCUT2D eigenvalue weighted by molar-refractivity contribution is 0.0747. The van der Waals surface area contributed by atoms with Gasteiger partial charge in [0.15, 0.2) is 6.29 Å². The van der Waals surface area contributed by atoms with Crippen molar-refractivity contribution in [1.82, 2.24) is 14.9 Å². The summed E-state index contributed by atoms with van der Waals surface area (Å²) >= 11 is 0. The first-order chi connectivity index (χ1) is 15.6. The summed E-state index contributed by atoms with van der Waals surface area (Å²) < 4.78 is 0. The largest absolute Gasteiger partial charge is 0.368 e. The standard InChI is InChI=1S/C24H18N4O2.C2H6/c25-24-26-21-10-9-15(19-8-4-3-7-18(19)14-29)11-20(21)22(27-24)23(30)28-12-16-5-1-2-6-17(16)13-28;1-2/h1-11,14H,12-13H2,(H2,25,26,27);1-2H3. The summed E-state index contributed by atoms with van der Waals surface area (Å²) in [6.07, 6.45) is 0.826. The van der Waals surface area contributed by atoms with Crippen LogP contribution in [-0.4, -0.2) is 27.1 Å². The van der Waals surface area contributed by atoms with Crippen molar-refractivity contribution in [1.29, 1.82) is 0 Å². The van der Waals surface area contributed by atoms with Gasteiger partial charge in [0.1, 0.15) is 5.69 Å². The zero-order valence-corrected chi connectivity index (χ0v) is 18.1. The van der Waals surface area contributed by atoms with Crippen LogP contribution in [0.2, 0.25) is 0 Å². The van der Waals surface area contributed by atoms with Crippen LogP contribution >= 0.6 is 0 Å². The van der Waals surface area contributed by atoms with Crippen LogP contribution in [0.5, 0.6) is 0 Å². The first-order valence-electron chi connectivity index (χ1n) is 10.6. The highest BCUT2D eigenvalue weighted by Crippen LogP contribution is 2.30. The Morgan fingerprint density at radius 3 is 2.28 bits per heavy atom. The molecule has 0 unspecified atom stereocenters. The number of benzene rings is 3. The Bertz CT molecular complexity index is 1290. The molecule has 32 heavy (non-hydrogen) atoms. The van der Waals surface area contributed by atoms with Crippen molar-refractivity contribution in [3.8, 4) is 11.1 Å². The van der Waals surface area contributed by atoms with Gasteiger partial charge in [0.25, 0.3) is 5.91 Å². The second kappa shape index (κ2) is 8.98. The maximum atomic E-state index is 13.4. The molecule has 0 atom stereocenters. The van der Waals surface area contributed by atoms with Crippen molar-refractivity contribution < 1.29 is 9.59 Å². The first-order valence-corrected chi connectivity index (χ1v) is 10.6. The van der Waals surface area contributed by atoms with Gasteiger partial charge in [0.2, 0.25) is 5.95 Å². The van der Waals surface area contributed by atoms with E-state index in [9.17, 15) is 9.59 Å². The predicted octanol–water partition coefficient (Wildman–Crippen LogP) is 4.87. The van der Waals surface area contributed by atoms with Crippen LogP contribution in [0.3, 0.4) is 0 Å². The summed E-state index contributed by atoms with van der Waals surface area (Å²) in [6.45, 7) is 5.07. The first kappa shape index (κ1) is 21.2. The fourth-order valence-electron chi connectivity index (χ4n) is 3.97. The molecule has 2 heterocycles. The van der Waals surface area contributed by atoms with Gasteiger partial charge in [-0.3, -0.25) is 9.59 Å². The quantitative estimate of drug-likeness (QED) is 0.474. The molecule has 2 N–H and O–H groups in total. The third-order valence-corrected chi connectivity index (χ3v) is 5.44. The van der Waals surface area contributed by atoms with Crippen LogP contribution < -0.4 is 5.73 Å². The lowest BCUT2D eigenvalue weighted by Gasteiger charge is -2.17. The number of nitrogens with two attached hydrogens (primary N) is 1. The summed E-state index contributed by atoms with van der Waals surface area (Å²) in [5.74, 6) is -0.130. The summed E-state index contributed by atoms with van der Waals surface area (Å²) in [4.78, 5) is 35.2. The van der Waals surface area contributed by atoms with E-state index in [1.807, 2.05) is 68.4 Å². The monoisotopic (exact) mass is 424 g/mol. The van der Waals surface area contributed by atoms with Crippen molar-refractivity contribution in [2.24, 2.45) is 0 Å². The third-order valence-electron chi connectivity index (χ3n) is 5.44. The Labute approximate surface area is 186 Å². The predicted molar refractivity (Wildman–Crippen MR) is 126 cm³/mol. The number of nitrogens with zero attached hydrogens (tertiary/aromatic N) is 3. The smallest absolute Gasteiger partial charge is 0.273 e. The minimum atomic E-state index is -0.189. The van der Waals surface area contributed by atoms with Crippen LogP contribution in [-0.2, 0) is 13.1 Å². The van der Waals surface area contributed by atoms with E-state index in [0.717, 1.165) is 28.5 Å². The molecule has 0 saturated heterocycles. The van der Waals surface area contributed by atoms with Gasteiger partial charge in [-0.05, 0) is 34.4 Å². The third kappa shape index (κ3) is 3.83.